The molecule has 2 aliphatic heterocycles. The van der Waals surface area contributed by atoms with Crippen LogP contribution in [0.25, 0.3) is 16.3 Å². The molecule has 1 aromatic carbocycles. The third kappa shape index (κ3) is 2.43. The van der Waals surface area contributed by atoms with E-state index in [9.17, 15) is 10.2 Å². The second-order valence-electron chi connectivity index (χ2n) is 11.0. The monoisotopic (exact) mass is 442 g/mol. The van der Waals surface area contributed by atoms with Crippen molar-refractivity contribution in [3.63, 3.8) is 0 Å². The Hall–Kier alpha value is -2.31. The van der Waals surface area contributed by atoms with Crippen LogP contribution < -0.4 is 5.73 Å². The van der Waals surface area contributed by atoms with Crippen molar-refractivity contribution < 1.29 is 14.9 Å². The molecule has 0 radical (unpaired) electrons. The summed E-state index contributed by atoms with van der Waals surface area (Å²) in [4.78, 5) is 4.31. The molecule has 2 aromatic rings. The SMILES string of the molecule is C[C@]12CC=C3C=C4[C@@H](O)[C@H](O)[C@@H](N)C[C@]45CCC3(O5)[C@@H]1CC=C2c1ccc2ccncc2c1. The van der Waals surface area contributed by atoms with Gasteiger partial charge in [-0.2, -0.15) is 0 Å². The molecule has 5 nitrogen and oxygen atoms in total. The zero-order valence-electron chi connectivity index (χ0n) is 18.9. The Balaban J connectivity index is 1.32. The van der Waals surface area contributed by atoms with Gasteiger partial charge in [-0.1, -0.05) is 37.3 Å². The van der Waals surface area contributed by atoms with E-state index in [1.165, 1.54) is 27.5 Å². The number of nitrogens with zero attached hydrogens (tertiary/aromatic N) is 1. The first-order chi connectivity index (χ1) is 15.9. The molecule has 1 saturated carbocycles. The Morgan fingerprint density at radius 3 is 2.88 bits per heavy atom. The van der Waals surface area contributed by atoms with Crippen LogP contribution in [0.3, 0.4) is 0 Å². The maximum atomic E-state index is 10.8. The van der Waals surface area contributed by atoms with Crippen molar-refractivity contribution in [2.24, 2.45) is 17.1 Å². The van der Waals surface area contributed by atoms with Gasteiger partial charge in [0.15, 0.2) is 0 Å². The van der Waals surface area contributed by atoms with Gasteiger partial charge >= 0.3 is 0 Å². The average Bonchev–Trinajstić information content (AvgIpc) is 3.33. The number of aliphatic hydroxyl groups is 2. The zero-order valence-corrected chi connectivity index (χ0v) is 18.9. The summed E-state index contributed by atoms with van der Waals surface area (Å²) in [6.45, 7) is 2.39. The van der Waals surface area contributed by atoms with E-state index in [1.807, 2.05) is 12.4 Å². The van der Waals surface area contributed by atoms with Gasteiger partial charge in [-0.3, -0.25) is 4.98 Å². The number of allylic oxidation sites excluding steroid dienone is 3. The molecule has 1 aromatic heterocycles. The van der Waals surface area contributed by atoms with E-state index in [4.69, 9.17) is 10.5 Å². The molecular weight excluding hydrogens is 412 g/mol. The maximum Gasteiger partial charge on any atom is 0.105 e. The fraction of sp³-hybridized carbons (Fsp3) is 0.464. The Morgan fingerprint density at radius 2 is 2.00 bits per heavy atom. The summed E-state index contributed by atoms with van der Waals surface area (Å²) in [5.41, 5.74) is 10.0. The lowest BCUT2D eigenvalue weighted by Gasteiger charge is -2.55. The molecular formula is C28H30N2O3. The van der Waals surface area contributed by atoms with Crippen LogP contribution in [-0.4, -0.2) is 44.6 Å². The molecule has 5 aliphatic rings. The Morgan fingerprint density at radius 1 is 1.12 bits per heavy atom. The summed E-state index contributed by atoms with van der Waals surface area (Å²) in [5, 5.41) is 23.6. The second-order valence-corrected chi connectivity index (χ2v) is 11.0. The van der Waals surface area contributed by atoms with Crippen molar-refractivity contribution >= 4 is 16.3 Å². The lowest BCUT2D eigenvalue weighted by molar-refractivity contribution is -0.151. The summed E-state index contributed by atoms with van der Waals surface area (Å²) < 4.78 is 7.07. The molecule has 1 saturated heterocycles. The van der Waals surface area contributed by atoms with Crippen molar-refractivity contribution in [3.05, 3.63) is 71.6 Å². The highest BCUT2D eigenvalue weighted by Gasteiger charge is 2.66. The van der Waals surface area contributed by atoms with Gasteiger partial charge in [-0.05, 0) is 71.9 Å². The molecule has 2 bridgehead atoms. The van der Waals surface area contributed by atoms with E-state index in [1.54, 1.807) is 0 Å². The Kier molecular flexibility index (Phi) is 3.91. The number of aromatic nitrogens is 1. The molecule has 3 heterocycles. The van der Waals surface area contributed by atoms with Gasteiger partial charge in [0.1, 0.15) is 6.10 Å². The molecule has 1 unspecified atom stereocenters. The molecule has 4 N–H and O–H groups in total. The zero-order chi connectivity index (χ0) is 22.6. The maximum absolute atomic E-state index is 10.8. The van der Waals surface area contributed by atoms with E-state index < -0.39 is 23.9 Å². The van der Waals surface area contributed by atoms with Crippen LogP contribution in [0.4, 0.5) is 0 Å². The first kappa shape index (κ1) is 20.1. The van der Waals surface area contributed by atoms with Crippen LogP contribution in [0.15, 0.2) is 66.0 Å². The predicted molar refractivity (Wildman–Crippen MR) is 127 cm³/mol. The number of ether oxygens (including phenoxy) is 1. The van der Waals surface area contributed by atoms with Crippen LogP contribution in [0.5, 0.6) is 0 Å². The predicted octanol–water partition coefficient (Wildman–Crippen LogP) is 3.66. The summed E-state index contributed by atoms with van der Waals surface area (Å²) in [6.07, 6.45) is 13.0. The normalized spacial score (nSPS) is 43.3. The largest absolute Gasteiger partial charge is 0.388 e. The minimum absolute atomic E-state index is 0.0226. The summed E-state index contributed by atoms with van der Waals surface area (Å²) in [5.74, 6) is 0.335. The van der Waals surface area contributed by atoms with Crippen molar-refractivity contribution in [2.75, 3.05) is 0 Å². The Labute approximate surface area is 193 Å². The standard InChI is InChI=1S/C28H30N2O3/c1-26-8-6-19-13-21-24(31)25(32)22(29)14-27(21)9-10-28(19,33-27)23(26)5-4-20(26)17-3-2-16-7-11-30-15-18(16)12-17/h2-4,6-7,11-13,15,22-25,31-32H,5,8-10,14,29H2,1H3/t22-,23+,24+,25+,26+,27+,28?/m0/s1. The van der Waals surface area contributed by atoms with Gasteiger partial charge in [0.05, 0.1) is 17.3 Å². The van der Waals surface area contributed by atoms with E-state index in [0.29, 0.717) is 12.3 Å². The first-order valence-corrected chi connectivity index (χ1v) is 12.2. The van der Waals surface area contributed by atoms with Crippen molar-refractivity contribution in [1.29, 1.82) is 0 Å². The van der Waals surface area contributed by atoms with Crippen LogP contribution in [0, 0.1) is 11.3 Å². The van der Waals surface area contributed by atoms with Gasteiger partial charge in [-0.25, -0.2) is 0 Å². The number of hydrogen-bond acceptors (Lipinski definition) is 5. The van der Waals surface area contributed by atoms with E-state index in [0.717, 1.165) is 31.3 Å². The molecule has 0 amide bonds. The Bertz CT molecular complexity index is 1280. The highest BCUT2D eigenvalue weighted by molar-refractivity contribution is 5.87. The summed E-state index contributed by atoms with van der Waals surface area (Å²) >= 11 is 0. The topological polar surface area (TPSA) is 88.6 Å². The number of pyridine rings is 1. The van der Waals surface area contributed by atoms with Gasteiger partial charge < -0.3 is 20.7 Å². The third-order valence-corrected chi connectivity index (χ3v) is 9.45. The van der Waals surface area contributed by atoms with Gasteiger partial charge in [0, 0.05) is 35.2 Å². The van der Waals surface area contributed by atoms with Crippen LogP contribution in [-0.2, 0) is 4.74 Å². The molecule has 3 aliphatic carbocycles. The fourth-order valence-corrected chi connectivity index (χ4v) is 7.78. The quantitative estimate of drug-likeness (QED) is 0.627. The minimum Gasteiger partial charge on any atom is -0.388 e. The lowest BCUT2D eigenvalue weighted by atomic mass is 9.58. The second kappa shape index (κ2) is 6.42. The van der Waals surface area contributed by atoms with Crippen LogP contribution in [0.2, 0.25) is 0 Å². The van der Waals surface area contributed by atoms with Crippen LogP contribution in [0.1, 0.15) is 44.6 Å². The molecule has 33 heavy (non-hydrogen) atoms. The fourth-order valence-electron chi connectivity index (χ4n) is 7.78. The van der Waals surface area contributed by atoms with E-state index in [2.05, 4.69) is 54.4 Å². The van der Waals surface area contributed by atoms with Crippen LogP contribution >= 0.6 is 0 Å². The summed E-state index contributed by atoms with van der Waals surface area (Å²) in [7, 11) is 0. The number of hydrogen-bond donors (Lipinski definition) is 3. The van der Waals surface area contributed by atoms with Crippen molar-refractivity contribution in [2.45, 2.75) is 68.5 Å². The van der Waals surface area contributed by atoms with Gasteiger partial charge in [0.2, 0.25) is 0 Å². The molecule has 7 atom stereocenters. The van der Waals surface area contributed by atoms with E-state index >= 15 is 0 Å². The van der Waals surface area contributed by atoms with Gasteiger partial charge in [0.25, 0.3) is 0 Å². The molecule has 2 fully saturated rings. The molecule has 7 rings (SSSR count). The number of aliphatic hydroxyl groups excluding tert-OH is 2. The minimum atomic E-state index is -0.956. The number of rotatable bonds is 1. The van der Waals surface area contributed by atoms with Crippen molar-refractivity contribution in [3.8, 4) is 0 Å². The molecule has 5 heteroatoms. The first-order valence-electron chi connectivity index (χ1n) is 12.2. The smallest absolute Gasteiger partial charge is 0.105 e. The van der Waals surface area contributed by atoms with E-state index in [-0.39, 0.29) is 11.0 Å². The van der Waals surface area contributed by atoms with Crippen molar-refractivity contribution in [1.82, 2.24) is 4.98 Å². The van der Waals surface area contributed by atoms with Gasteiger partial charge in [-0.15, -0.1) is 0 Å². The molecule has 2 spiro atoms. The molecule has 170 valence electrons. The highest BCUT2D eigenvalue weighted by Crippen LogP contribution is 2.67. The summed E-state index contributed by atoms with van der Waals surface area (Å²) in [6, 6.07) is 8.29. The highest BCUT2D eigenvalue weighted by atomic mass is 16.5. The lowest BCUT2D eigenvalue weighted by Crippen LogP contribution is -2.61. The number of benzene rings is 1. The third-order valence-electron chi connectivity index (χ3n) is 9.45. The average molecular weight is 443 g/mol. The number of nitrogens with two attached hydrogens (primary N) is 1. The number of fused-ring (bicyclic) bond motifs is 2.